The molecule has 4 nitrogen and oxygen atoms in total. The van der Waals surface area contributed by atoms with Crippen molar-refractivity contribution in [3.8, 4) is 0 Å². The van der Waals surface area contributed by atoms with Crippen LogP contribution in [0.4, 0.5) is 5.69 Å². The zero-order valence-corrected chi connectivity index (χ0v) is 11.3. The molecule has 0 amide bonds. The molecule has 1 aromatic carbocycles. The van der Waals surface area contributed by atoms with E-state index in [0.717, 1.165) is 13.0 Å². The first-order valence-corrected chi connectivity index (χ1v) is 7.47. The number of sulfonamides is 1. The van der Waals surface area contributed by atoms with Crippen molar-refractivity contribution in [2.75, 3.05) is 24.1 Å². The van der Waals surface area contributed by atoms with Gasteiger partial charge >= 0.3 is 0 Å². The third kappa shape index (κ3) is 5.91. The van der Waals surface area contributed by atoms with Gasteiger partial charge in [0.25, 0.3) is 0 Å². The standard InChI is InChI=1S/C11H17ClN2O2S/c1-13-8-2-3-9-17(15,16)14-11-6-4-10(12)5-7-11/h4-7,13-14H,2-3,8-9H2,1H3. The van der Waals surface area contributed by atoms with Crippen LogP contribution in [0.3, 0.4) is 0 Å². The van der Waals surface area contributed by atoms with Crippen molar-refractivity contribution in [3.05, 3.63) is 29.3 Å². The maximum absolute atomic E-state index is 11.7. The molecule has 0 heterocycles. The van der Waals surface area contributed by atoms with Gasteiger partial charge in [-0.1, -0.05) is 11.6 Å². The number of halogens is 1. The molecule has 0 fully saturated rings. The SMILES string of the molecule is CNCCCCS(=O)(=O)Nc1ccc(Cl)cc1. The van der Waals surface area contributed by atoms with Crippen LogP contribution in [0.25, 0.3) is 0 Å². The molecular formula is C11H17ClN2O2S. The summed E-state index contributed by atoms with van der Waals surface area (Å²) in [5.74, 6) is 0.136. The van der Waals surface area contributed by atoms with Crippen LogP contribution in [-0.4, -0.2) is 27.8 Å². The van der Waals surface area contributed by atoms with Crippen LogP contribution in [-0.2, 0) is 10.0 Å². The number of rotatable bonds is 7. The lowest BCUT2D eigenvalue weighted by atomic mass is 10.3. The maximum atomic E-state index is 11.7. The fourth-order valence-electron chi connectivity index (χ4n) is 1.34. The first kappa shape index (κ1) is 14.3. The second kappa shape index (κ2) is 6.83. The molecule has 1 rings (SSSR count). The van der Waals surface area contributed by atoms with E-state index in [9.17, 15) is 8.42 Å². The van der Waals surface area contributed by atoms with Crippen molar-refractivity contribution < 1.29 is 8.42 Å². The van der Waals surface area contributed by atoms with E-state index in [1.165, 1.54) is 0 Å². The molecule has 6 heteroatoms. The minimum absolute atomic E-state index is 0.136. The van der Waals surface area contributed by atoms with Crippen molar-refractivity contribution in [2.45, 2.75) is 12.8 Å². The highest BCUT2D eigenvalue weighted by Gasteiger charge is 2.09. The lowest BCUT2D eigenvalue weighted by molar-refractivity contribution is 0.595. The van der Waals surface area contributed by atoms with Crippen molar-refractivity contribution in [1.29, 1.82) is 0 Å². The Morgan fingerprint density at radius 3 is 2.41 bits per heavy atom. The van der Waals surface area contributed by atoms with E-state index >= 15 is 0 Å². The molecule has 0 aliphatic heterocycles. The first-order valence-electron chi connectivity index (χ1n) is 5.44. The first-order chi connectivity index (χ1) is 8.03. The summed E-state index contributed by atoms with van der Waals surface area (Å²) in [5.41, 5.74) is 0.544. The second-order valence-electron chi connectivity index (χ2n) is 3.74. The molecule has 96 valence electrons. The summed E-state index contributed by atoms with van der Waals surface area (Å²) < 4.78 is 25.9. The van der Waals surface area contributed by atoms with Crippen LogP contribution in [0.15, 0.2) is 24.3 Å². The van der Waals surface area contributed by atoms with Gasteiger partial charge in [0, 0.05) is 10.7 Å². The molecule has 0 atom stereocenters. The zero-order chi connectivity index (χ0) is 12.7. The third-order valence-corrected chi connectivity index (χ3v) is 3.83. The van der Waals surface area contributed by atoms with Crippen LogP contribution in [0.5, 0.6) is 0 Å². The highest BCUT2D eigenvalue weighted by Crippen LogP contribution is 2.14. The normalized spacial score (nSPS) is 11.4. The van der Waals surface area contributed by atoms with Gasteiger partial charge < -0.3 is 5.32 Å². The number of hydrogen-bond acceptors (Lipinski definition) is 3. The molecule has 0 unspecified atom stereocenters. The summed E-state index contributed by atoms with van der Waals surface area (Å²) in [4.78, 5) is 0. The van der Waals surface area contributed by atoms with Crippen molar-refractivity contribution >= 4 is 27.3 Å². The molecule has 1 aromatic rings. The van der Waals surface area contributed by atoms with Crippen molar-refractivity contribution in [1.82, 2.24) is 5.32 Å². The fourth-order valence-corrected chi connectivity index (χ4v) is 2.65. The smallest absolute Gasteiger partial charge is 0.232 e. The van der Waals surface area contributed by atoms with Gasteiger partial charge in [-0.05, 0) is 50.7 Å². The Hall–Kier alpha value is -0.780. The number of hydrogen-bond donors (Lipinski definition) is 2. The van der Waals surface area contributed by atoms with E-state index in [1.54, 1.807) is 24.3 Å². The van der Waals surface area contributed by atoms with Crippen LogP contribution >= 0.6 is 11.6 Å². The molecule has 0 spiro atoms. The monoisotopic (exact) mass is 276 g/mol. The summed E-state index contributed by atoms with van der Waals surface area (Å²) >= 11 is 5.72. The van der Waals surface area contributed by atoms with Crippen molar-refractivity contribution in [3.63, 3.8) is 0 Å². The lowest BCUT2D eigenvalue weighted by Crippen LogP contribution is -2.18. The van der Waals surface area contributed by atoms with E-state index in [2.05, 4.69) is 10.0 Å². The van der Waals surface area contributed by atoms with E-state index in [4.69, 9.17) is 11.6 Å². The summed E-state index contributed by atoms with van der Waals surface area (Å²) in [6, 6.07) is 6.60. The summed E-state index contributed by atoms with van der Waals surface area (Å²) in [6.07, 6.45) is 1.49. The second-order valence-corrected chi connectivity index (χ2v) is 6.02. The highest BCUT2D eigenvalue weighted by molar-refractivity contribution is 7.92. The molecule has 0 saturated heterocycles. The Morgan fingerprint density at radius 1 is 1.18 bits per heavy atom. The minimum Gasteiger partial charge on any atom is -0.320 e. The number of anilines is 1. The molecule has 0 radical (unpaired) electrons. The third-order valence-electron chi connectivity index (χ3n) is 2.21. The molecule has 0 aliphatic rings. The summed E-state index contributed by atoms with van der Waals surface area (Å²) in [6.45, 7) is 0.830. The van der Waals surface area contributed by atoms with E-state index in [-0.39, 0.29) is 5.75 Å². The molecule has 0 aliphatic carbocycles. The average Bonchev–Trinajstić information content (AvgIpc) is 2.27. The van der Waals surface area contributed by atoms with E-state index in [0.29, 0.717) is 17.1 Å². The number of unbranched alkanes of at least 4 members (excludes halogenated alkanes) is 1. The maximum Gasteiger partial charge on any atom is 0.232 e. The van der Waals surface area contributed by atoms with Crippen LogP contribution in [0.1, 0.15) is 12.8 Å². The number of nitrogens with one attached hydrogen (secondary N) is 2. The molecule has 2 N–H and O–H groups in total. The van der Waals surface area contributed by atoms with Gasteiger partial charge in [0.05, 0.1) is 5.75 Å². The molecule has 0 aromatic heterocycles. The Bertz CT molecular complexity index is 431. The van der Waals surface area contributed by atoms with Crippen LogP contribution in [0, 0.1) is 0 Å². The van der Waals surface area contributed by atoms with E-state index in [1.807, 2.05) is 7.05 Å². The topological polar surface area (TPSA) is 58.2 Å². The average molecular weight is 277 g/mol. The Kier molecular flexibility index (Phi) is 5.74. The van der Waals surface area contributed by atoms with Crippen LogP contribution < -0.4 is 10.0 Å². The fraction of sp³-hybridized carbons (Fsp3) is 0.455. The van der Waals surface area contributed by atoms with Gasteiger partial charge in [-0.2, -0.15) is 0 Å². The largest absolute Gasteiger partial charge is 0.320 e. The molecule has 0 bridgehead atoms. The molecular weight excluding hydrogens is 260 g/mol. The predicted octanol–water partition coefficient (Wildman–Crippen LogP) is 2.08. The summed E-state index contributed by atoms with van der Waals surface area (Å²) in [7, 11) is -1.40. The lowest BCUT2D eigenvalue weighted by Gasteiger charge is -2.07. The molecule has 17 heavy (non-hydrogen) atoms. The highest BCUT2D eigenvalue weighted by atomic mass is 35.5. The van der Waals surface area contributed by atoms with Gasteiger partial charge in [0.15, 0.2) is 0 Å². The minimum atomic E-state index is -3.25. The van der Waals surface area contributed by atoms with E-state index < -0.39 is 10.0 Å². The van der Waals surface area contributed by atoms with Gasteiger partial charge in [0.1, 0.15) is 0 Å². The Labute approximate surface area is 107 Å². The van der Waals surface area contributed by atoms with Gasteiger partial charge in [-0.25, -0.2) is 8.42 Å². The number of benzene rings is 1. The quantitative estimate of drug-likeness (QED) is 0.750. The Morgan fingerprint density at radius 2 is 1.82 bits per heavy atom. The summed E-state index contributed by atoms with van der Waals surface area (Å²) in [5, 5.41) is 3.57. The van der Waals surface area contributed by atoms with Crippen molar-refractivity contribution in [2.24, 2.45) is 0 Å². The zero-order valence-electron chi connectivity index (χ0n) is 9.74. The van der Waals surface area contributed by atoms with Gasteiger partial charge in [-0.15, -0.1) is 0 Å². The molecule has 0 saturated carbocycles. The van der Waals surface area contributed by atoms with Gasteiger partial charge in [0.2, 0.25) is 10.0 Å². The van der Waals surface area contributed by atoms with Crippen LogP contribution in [0.2, 0.25) is 5.02 Å². The predicted molar refractivity (Wildman–Crippen MR) is 72.0 cm³/mol. The van der Waals surface area contributed by atoms with Gasteiger partial charge in [-0.3, -0.25) is 4.72 Å². The Balaban J connectivity index is 2.46.